The summed E-state index contributed by atoms with van der Waals surface area (Å²) in [7, 11) is 0. The highest BCUT2D eigenvalue weighted by Gasteiger charge is 2.30. The van der Waals surface area contributed by atoms with E-state index in [9.17, 15) is 18.0 Å². The van der Waals surface area contributed by atoms with E-state index in [1.165, 1.54) is 12.1 Å². The van der Waals surface area contributed by atoms with Crippen molar-refractivity contribution in [3.05, 3.63) is 71.8 Å². The van der Waals surface area contributed by atoms with Crippen molar-refractivity contribution in [2.24, 2.45) is 10.9 Å². The Morgan fingerprint density at radius 1 is 1.06 bits per heavy atom. The second kappa shape index (κ2) is 9.97. The molecule has 0 unspecified atom stereocenters. The van der Waals surface area contributed by atoms with Crippen molar-refractivity contribution in [1.29, 1.82) is 0 Å². The summed E-state index contributed by atoms with van der Waals surface area (Å²) in [6, 6.07) is 15.2. The van der Waals surface area contributed by atoms with Crippen molar-refractivity contribution in [3.8, 4) is 11.5 Å². The molecule has 4 nitrogen and oxygen atoms in total. The van der Waals surface area contributed by atoms with Gasteiger partial charge in [0, 0.05) is 16.7 Å². The zero-order valence-corrected chi connectivity index (χ0v) is 19.2. The molecule has 7 heteroatoms. The van der Waals surface area contributed by atoms with E-state index >= 15 is 0 Å². The summed E-state index contributed by atoms with van der Waals surface area (Å²) in [4.78, 5) is 19.6. The highest BCUT2D eigenvalue weighted by molar-refractivity contribution is 6.06. The number of halogens is 3. The number of hydrogen-bond acceptors (Lipinski definition) is 3. The average molecular weight is 469 g/mol. The first kappa shape index (κ1) is 24.0. The smallest absolute Gasteiger partial charge is 0.416 e. The minimum absolute atomic E-state index is 0.272. The standard InChI is InChI=1S/C27H27F3N2O2/c1-3-32-15-13-19(14-16-32)18(2)31-26(33)21-7-12-24-20(17-21)5-4-6-25(24)34-23-10-8-22(9-11-23)27(28,29)30/h4-12,17,19H,3,13-16H2,1-2H3/b31-18+. The number of rotatable bonds is 5. The van der Waals surface area contributed by atoms with Gasteiger partial charge in [0.1, 0.15) is 11.5 Å². The molecule has 3 aromatic rings. The molecule has 0 N–H and O–H groups in total. The normalized spacial score (nSPS) is 16.1. The van der Waals surface area contributed by atoms with E-state index in [0.29, 0.717) is 23.0 Å². The number of carbonyl (C=O) groups is 1. The molecule has 0 bridgehead atoms. The van der Waals surface area contributed by atoms with E-state index in [2.05, 4.69) is 16.8 Å². The van der Waals surface area contributed by atoms with Gasteiger partial charge in [0.05, 0.1) is 5.56 Å². The highest BCUT2D eigenvalue weighted by Crippen LogP contribution is 2.34. The Bertz CT molecular complexity index is 1190. The van der Waals surface area contributed by atoms with Crippen LogP contribution in [0.5, 0.6) is 11.5 Å². The number of fused-ring (bicyclic) bond motifs is 1. The maximum atomic E-state index is 12.8. The average Bonchev–Trinajstić information content (AvgIpc) is 2.83. The first-order valence-electron chi connectivity index (χ1n) is 11.4. The van der Waals surface area contributed by atoms with Crippen LogP contribution in [0, 0.1) is 5.92 Å². The van der Waals surface area contributed by atoms with Crippen LogP contribution in [0.15, 0.2) is 65.7 Å². The molecule has 178 valence electrons. The van der Waals surface area contributed by atoms with Crippen molar-refractivity contribution in [2.75, 3.05) is 19.6 Å². The first-order valence-corrected chi connectivity index (χ1v) is 11.4. The lowest BCUT2D eigenvalue weighted by molar-refractivity contribution is -0.137. The summed E-state index contributed by atoms with van der Waals surface area (Å²) in [5.41, 5.74) is 0.637. The second-order valence-electron chi connectivity index (χ2n) is 8.58. The molecule has 3 aromatic carbocycles. The predicted molar refractivity (Wildman–Crippen MR) is 128 cm³/mol. The van der Waals surface area contributed by atoms with Crippen molar-refractivity contribution >= 4 is 22.4 Å². The highest BCUT2D eigenvalue weighted by atomic mass is 19.4. The van der Waals surface area contributed by atoms with Gasteiger partial charge in [-0.15, -0.1) is 0 Å². The summed E-state index contributed by atoms with van der Waals surface area (Å²) in [5, 5.41) is 1.55. The van der Waals surface area contributed by atoms with Crippen LogP contribution < -0.4 is 4.74 Å². The molecule has 1 aliphatic heterocycles. The van der Waals surface area contributed by atoms with Gasteiger partial charge in [-0.25, -0.2) is 4.99 Å². The van der Waals surface area contributed by atoms with Crippen LogP contribution in [0.25, 0.3) is 10.8 Å². The summed E-state index contributed by atoms with van der Waals surface area (Å²) in [5.74, 6) is 0.857. The Hall–Kier alpha value is -3.19. The number of carbonyl (C=O) groups excluding carboxylic acids is 1. The van der Waals surface area contributed by atoms with Gasteiger partial charge in [-0.2, -0.15) is 13.2 Å². The predicted octanol–water partition coefficient (Wildman–Crippen LogP) is 6.98. The number of alkyl halides is 3. The number of nitrogens with zero attached hydrogens (tertiary/aromatic N) is 2. The van der Waals surface area contributed by atoms with Crippen LogP contribution in [0.4, 0.5) is 13.2 Å². The van der Waals surface area contributed by atoms with Gasteiger partial charge >= 0.3 is 6.18 Å². The van der Waals surface area contributed by atoms with Gasteiger partial charge in [-0.3, -0.25) is 4.79 Å². The van der Waals surface area contributed by atoms with Crippen LogP contribution >= 0.6 is 0 Å². The SMILES string of the molecule is CCN1CCC(/C(C)=N/C(=O)c2ccc3c(Oc4ccc(C(F)(F)F)cc4)cccc3c2)CC1. The first-order chi connectivity index (χ1) is 16.2. The fraction of sp³-hybridized carbons (Fsp3) is 0.333. The summed E-state index contributed by atoms with van der Waals surface area (Å²) in [6.07, 6.45) is -2.37. The number of hydrogen-bond donors (Lipinski definition) is 0. The molecule has 0 spiro atoms. The molecule has 34 heavy (non-hydrogen) atoms. The topological polar surface area (TPSA) is 41.9 Å². The lowest BCUT2D eigenvalue weighted by Crippen LogP contribution is -2.35. The third-order valence-corrected chi connectivity index (χ3v) is 6.40. The number of likely N-dealkylation sites (tertiary alicyclic amines) is 1. The Labute approximate surface area is 197 Å². The zero-order chi connectivity index (χ0) is 24.3. The molecule has 1 heterocycles. The minimum Gasteiger partial charge on any atom is -0.457 e. The Balaban J connectivity index is 1.51. The van der Waals surface area contributed by atoms with Gasteiger partial charge in [0.2, 0.25) is 0 Å². The largest absolute Gasteiger partial charge is 0.457 e. The summed E-state index contributed by atoms with van der Waals surface area (Å²) < 4.78 is 44.2. The van der Waals surface area contributed by atoms with E-state index in [1.807, 2.05) is 13.0 Å². The van der Waals surface area contributed by atoms with Gasteiger partial charge in [-0.05, 0) is 99.2 Å². The molecule has 1 fully saturated rings. The number of aliphatic imine (C=N–C) groups is 1. The monoisotopic (exact) mass is 468 g/mol. The zero-order valence-electron chi connectivity index (χ0n) is 19.2. The second-order valence-corrected chi connectivity index (χ2v) is 8.58. The van der Waals surface area contributed by atoms with Crippen LogP contribution in [0.2, 0.25) is 0 Å². The number of piperidine rings is 1. The quantitative estimate of drug-likeness (QED) is 0.379. The Morgan fingerprint density at radius 3 is 2.41 bits per heavy atom. The van der Waals surface area contributed by atoms with Crippen molar-refractivity contribution in [1.82, 2.24) is 4.90 Å². The van der Waals surface area contributed by atoms with Crippen molar-refractivity contribution in [2.45, 2.75) is 32.9 Å². The lowest BCUT2D eigenvalue weighted by Gasteiger charge is -2.30. The number of amides is 1. The Kier molecular flexibility index (Phi) is 7.03. The molecular formula is C27H27F3N2O2. The van der Waals surface area contributed by atoms with Crippen LogP contribution in [0.1, 0.15) is 42.6 Å². The Morgan fingerprint density at radius 2 is 1.76 bits per heavy atom. The molecule has 0 aliphatic carbocycles. The van der Waals surface area contributed by atoms with Gasteiger partial charge in [0.15, 0.2) is 0 Å². The summed E-state index contributed by atoms with van der Waals surface area (Å²) >= 11 is 0. The molecule has 0 aromatic heterocycles. The van der Waals surface area contributed by atoms with Gasteiger partial charge < -0.3 is 9.64 Å². The molecule has 0 radical (unpaired) electrons. The molecule has 4 rings (SSSR count). The van der Waals surface area contributed by atoms with Gasteiger partial charge in [-0.1, -0.05) is 19.1 Å². The lowest BCUT2D eigenvalue weighted by atomic mass is 9.92. The van der Waals surface area contributed by atoms with Crippen molar-refractivity contribution in [3.63, 3.8) is 0 Å². The van der Waals surface area contributed by atoms with Crippen LogP contribution in [0.3, 0.4) is 0 Å². The van der Waals surface area contributed by atoms with E-state index in [-0.39, 0.29) is 5.91 Å². The number of benzene rings is 3. The third kappa shape index (κ3) is 5.47. The fourth-order valence-electron chi connectivity index (χ4n) is 4.30. The minimum atomic E-state index is -4.39. The fourth-order valence-corrected chi connectivity index (χ4v) is 4.30. The maximum Gasteiger partial charge on any atom is 0.416 e. The molecule has 1 aliphatic rings. The van der Waals surface area contributed by atoms with Crippen LogP contribution in [-0.4, -0.2) is 36.2 Å². The number of ether oxygens (including phenoxy) is 1. The molecule has 1 saturated heterocycles. The van der Waals surface area contributed by atoms with E-state index in [0.717, 1.165) is 61.1 Å². The summed E-state index contributed by atoms with van der Waals surface area (Å²) in [6.45, 7) is 7.19. The third-order valence-electron chi connectivity index (χ3n) is 6.40. The van der Waals surface area contributed by atoms with Gasteiger partial charge in [0.25, 0.3) is 5.91 Å². The molecule has 0 saturated carbocycles. The van der Waals surface area contributed by atoms with E-state index < -0.39 is 11.7 Å². The molecule has 0 atom stereocenters. The van der Waals surface area contributed by atoms with E-state index in [4.69, 9.17) is 4.74 Å². The van der Waals surface area contributed by atoms with E-state index in [1.54, 1.807) is 30.3 Å². The molecule has 1 amide bonds. The van der Waals surface area contributed by atoms with Crippen LogP contribution in [-0.2, 0) is 6.18 Å². The van der Waals surface area contributed by atoms with Crippen molar-refractivity contribution < 1.29 is 22.7 Å². The molecular weight excluding hydrogens is 441 g/mol. The maximum absolute atomic E-state index is 12.8.